The van der Waals surface area contributed by atoms with E-state index in [-0.39, 0.29) is 17.2 Å². The standard InChI is InChI=1S/C13H8N4O4/c18-13(19)10-5-2-6-11-14-12(15-16(10)11)8-3-1-4-9(7-8)17(20)21/h1-7H,(H,18,19). The summed E-state index contributed by atoms with van der Waals surface area (Å²) in [5.41, 5.74) is 0.696. The monoisotopic (exact) mass is 284 g/mol. The molecule has 8 nitrogen and oxygen atoms in total. The van der Waals surface area contributed by atoms with Gasteiger partial charge in [0.2, 0.25) is 0 Å². The molecule has 1 N–H and O–H groups in total. The Balaban J connectivity index is 2.18. The van der Waals surface area contributed by atoms with Crippen LogP contribution in [0.1, 0.15) is 10.5 Å². The zero-order valence-electron chi connectivity index (χ0n) is 10.5. The molecule has 0 aliphatic heterocycles. The molecular formula is C13H8N4O4. The van der Waals surface area contributed by atoms with E-state index in [1.165, 1.54) is 28.8 Å². The number of nitro groups is 1. The van der Waals surface area contributed by atoms with Crippen molar-refractivity contribution in [3.63, 3.8) is 0 Å². The third-order valence-corrected chi connectivity index (χ3v) is 2.89. The van der Waals surface area contributed by atoms with E-state index in [1.54, 1.807) is 18.2 Å². The second kappa shape index (κ2) is 4.67. The summed E-state index contributed by atoms with van der Waals surface area (Å²) < 4.78 is 1.19. The maximum absolute atomic E-state index is 11.1. The van der Waals surface area contributed by atoms with E-state index in [9.17, 15) is 14.9 Å². The molecule has 0 saturated carbocycles. The lowest BCUT2D eigenvalue weighted by Gasteiger charge is -1.96. The molecule has 3 rings (SSSR count). The minimum atomic E-state index is -1.13. The van der Waals surface area contributed by atoms with Crippen LogP contribution in [0.3, 0.4) is 0 Å². The van der Waals surface area contributed by atoms with Gasteiger partial charge in [0.15, 0.2) is 17.2 Å². The number of carboxylic acids is 1. The van der Waals surface area contributed by atoms with Gasteiger partial charge in [0.1, 0.15) is 0 Å². The number of non-ortho nitro benzene ring substituents is 1. The van der Waals surface area contributed by atoms with Crippen molar-refractivity contribution < 1.29 is 14.8 Å². The fourth-order valence-electron chi connectivity index (χ4n) is 1.95. The van der Waals surface area contributed by atoms with Gasteiger partial charge in [-0.3, -0.25) is 10.1 Å². The van der Waals surface area contributed by atoms with E-state index in [0.717, 1.165) is 0 Å². The van der Waals surface area contributed by atoms with Crippen LogP contribution < -0.4 is 0 Å². The third-order valence-electron chi connectivity index (χ3n) is 2.89. The van der Waals surface area contributed by atoms with Gasteiger partial charge in [-0.2, -0.15) is 0 Å². The van der Waals surface area contributed by atoms with Gasteiger partial charge in [-0.05, 0) is 12.1 Å². The van der Waals surface area contributed by atoms with Crippen molar-refractivity contribution in [2.75, 3.05) is 0 Å². The number of aromatic nitrogens is 3. The quantitative estimate of drug-likeness (QED) is 0.581. The lowest BCUT2D eigenvalue weighted by atomic mass is 10.2. The molecule has 0 fully saturated rings. The van der Waals surface area contributed by atoms with Gasteiger partial charge in [0.25, 0.3) is 5.69 Å². The summed E-state index contributed by atoms with van der Waals surface area (Å²) >= 11 is 0. The molecule has 0 spiro atoms. The minimum absolute atomic E-state index is 0.0309. The first kappa shape index (κ1) is 12.7. The van der Waals surface area contributed by atoms with Crippen molar-refractivity contribution >= 4 is 17.3 Å². The van der Waals surface area contributed by atoms with Crippen LogP contribution in [0, 0.1) is 10.1 Å². The van der Waals surface area contributed by atoms with Gasteiger partial charge in [-0.25, -0.2) is 14.3 Å². The first-order chi connectivity index (χ1) is 10.1. The average molecular weight is 284 g/mol. The summed E-state index contributed by atoms with van der Waals surface area (Å²) in [6, 6.07) is 10.4. The second-order valence-electron chi connectivity index (χ2n) is 4.23. The van der Waals surface area contributed by atoms with Crippen LogP contribution in [0.4, 0.5) is 5.69 Å². The molecule has 1 aromatic carbocycles. The van der Waals surface area contributed by atoms with Gasteiger partial charge in [0.05, 0.1) is 4.92 Å². The largest absolute Gasteiger partial charge is 0.477 e. The summed E-state index contributed by atoms with van der Waals surface area (Å²) in [6.07, 6.45) is 0. The highest BCUT2D eigenvalue weighted by molar-refractivity contribution is 5.86. The number of benzene rings is 1. The maximum atomic E-state index is 11.1. The molecule has 8 heteroatoms. The molecule has 0 aliphatic rings. The molecular weight excluding hydrogens is 276 g/mol. The fourth-order valence-corrected chi connectivity index (χ4v) is 1.95. The van der Waals surface area contributed by atoms with E-state index in [2.05, 4.69) is 10.1 Å². The van der Waals surface area contributed by atoms with Crippen molar-refractivity contribution in [2.24, 2.45) is 0 Å². The van der Waals surface area contributed by atoms with E-state index >= 15 is 0 Å². The number of carboxylic acid groups (broad SMARTS) is 1. The average Bonchev–Trinajstić information content (AvgIpc) is 2.91. The van der Waals surface area contributed by atoms with Crippen LogP contribution in [0.2, 0.25) is 0 Å². The number of hydrogen-bond acceptors (Lipinski definition) is 5. The number of aromatic carboxylic acids is 1. The van der Waals surface area contributed by atoms with Crippen molar-refractivity contribution in [1.29, 1.82) is 0 Å². The van der Waals surface area contributed by atoms with Crippen LogP contribution >= 0.6 is 0 Å². The summed E-state index contributed by atoms with van der Waals surface area (Å²) in [6.45, 7) is 0. The zero-order valence-corrected chi connectivity index (χ0v) is 10.5. The zero-order chi connectivity index (χ0) is 15.0. The predicted octanol–water partition coefficient (Wildman–Crippen LogP) is 2.00. The van der Waals surface area contributed by atoms with Crippen molar-refractivity contribution in [1.82, 2.24) is 14.6 Å². The van der Waals surface area contributed by atoms with Gasteiger partial charge >= 0.3 is 5.97 Å². The molecule has 0 atom stereocenters. The first-order valence-electron chi connectivity index (χ1n) is 5.90. The highest BCUT2D eigenvalue weighted by atomic mass is 16.6. The Morgan fingerprint density at radius 2 is 2.00 bits per heavy atom. The van der Waals surface area contributed by atoms with E-state index < -0.39 is 10.9 Å². The molecule has 0 aliphatic carbocycles. The number of carbonyl (C=O) groups is 1. The topological polar surface area (TPSA) is 111 Å². The SMILES string of the molecule is O=C(O)c1cccc2nc(-c3cccc([N+](=O)[O-])c3)nn12. The summed E-state index contributed by atoms with van der Waals surface area (Å²) in [7, 11) is 0. The molecule has 0 unspecified atom stereocenters. The number of hydrogen-bond donors (Lipinski definition) is 1. The summed E-state index contributed by atoms with van der Waals surface area (Å²) in [5, 5.41) is 24.0. The van der Waals surface area contributed by atoms with E-state index in [0.29, 0.717) is 11.2 Å². The molecule has 2 heterocycles. The molecule has 0 amide bonds. The lowest BCUT2D eigenvalue weighted by Crippen LogP contribution is -2.05. The van der Waals surface area contributed by atoms with Crippen molar-refractivity contribution in [3.05, 3.63) is 58.3 Å². The number of pyridine rings is 1. The lowest BCUT2D eigenvalue weighted by molar-refractivity contribution is -0.384. The highest BCUT2D eigenvalue weighted by Crippen LogP contribution is 2.22. The molecule has 0 bridgehead atoms. The van der Waals surface area contributed by atoms with Gasteiger partial charge in [-0.1, -0.05) is 18.2 Å². The normalized spacial score (nSPS) is 10.7. The molecule has 0 saturated heterocycles. The first-order valence-corrected chi connectivity index (χ1v) is 5.90. The molecule has 2 aromatic heterocycles. The Hall–Kier alpha value is -3.29. The highest BCUT2D eigenvalue weighted by Gasteiger charge is 2.14. The summed E-state index contributed by atoms with van der Waals surface area (Å²) in [5.74, 6) is -0.900. The van der Waals surface area contributed by atoms with Crippen LogP contribution in [0.25, 0.3) is 17.0 Å². The van der Waals surface area contributed by atoms with Crippen LogP contribution in [-0.4, -0.2) is 30.6 Å². The van der Waals surface area contributed by atoms with Crippen LogP contribution in [0.5, 0.6) is 0 Å². The number of nitro benzene ring substituents is 1. The van der Waals surface area contributed by atoms with Gasteiger partial charge in [0, 0.05) is 17.7 Å². The molecule has 21 heavy (non-hydrogen) atoms. The number of nitrogens with zero attached hydrogens (tertiary/aromatic N) is 4. The molecule has 3 aromatic rings. The van der Waals surface area contributed by atoms with Crippen LogP contribution in [0.15, 0.2) is 42.5 Å². The second-order valence-corrected chi connectivity index (χ2v) is 4.23. The van der Waals surface area contributed by atoms with Crippen molar-refractivity contribution in [2.45, 2.75) is 0 Å². The maximum Gasteiger partial charge on any atom is 0.354 e. The van der Waals surface area contributed by atoms with E-state index in [4.69, 9.17) is 5.11 Å². The molecule has 104 valence electrons. The third kappa shape index (κ3) is 2.18. The van der Waals surface area contributed by atoms with Crippen molar-refractivity contribution in [3.8, 4) is 11.4 Å². The Morgan fingerprint density at radius 3 is 2.71 bits per heavy atom. The Kier molecular flexibility index (Phi) is 2.83. The predicted molar refractivity (Wildman–Crippen MR) is 72.0 cm³/mol. The smallest absolute Gasteiger partial charge is 0.354 e. The van der Waals surface area contributed by atoms with E-state index in [1.807, 2.05) is 0 Å². The van der Waals surface area contributed by atoms with Crippen LogP contribution in [-0.2, 0) is 0 Å². The minimum Gasteiger partial charge on any atom is -0.477 e. The summed E-state index contributed by atoms with van der Waals surface area (Å²) in [4.78, 5) is 25.6. The van der Waals surface area contributed by atoms with Gasteiger partial charge in [-0.15, -0.1) is 5.10 Å². The number of rotatable bonds is 3. The van der Waals surface area contributed by atoms with Gasteiger partial charge < -0.3 is 5.11 Å². The number of fused-ring (bicyclic) bond motifs is 1. The Labute approximate surface area is 117 Å². The molecule has 0 radical (unpaired) electrons. The Morgan fingerprint density at radius 1 is 1.24 bits per heavy atom. The Bertz CT molecular complexity index is 871. The fraction of sp³-hybridized carbons (Fsp3) is 0.